The van der Waals surface area contributed by atoms with E-state index < -0.39 is 0 Å². The van der Waals surface area contributed by atoms with E-state index in [0.29, 0.717) is 5.25 Å². The van der Waals surface area contributed by atoms with Gasteiger partial charge in [0.1, 0.15) is 5.03 Å². The third-order valence-electron chi connectivity index (χ3n) is 4.01. The van der Waals surface area contributed by atoms with Gasteiger partial charge in [-0.05, 0) is 31.9 Å². The van der Waals surface area contributed by atoms with Gasteiger partial charge in [-0.1, -0.05) is 37.5 Å². The number of benzene rings is 1. The van der Waals surface area contributed by atoms with Crippen molar-refractivity contribution in [2.24, 2.45) is 0 Å². The van der Waals surface area contributed by atoms with Gasteiger partial charge < -0.3 is 0 Å². The van der Waals surface area contributed by atoms with Gasteiger partial charge in [0.05, 0.1) is 16.9 Å². The van der Waals surface area contributed by atoms with Crippen LogP contribution >= 0.6 is 11.8 Å². The van der Waals surface area contributed by atoms with Crippen LogP contribution in [0.5, 0.6) is 0 Å². The molecule has 0 unspecified atom stereocenters. The van der Waals surface area contributed by atoms with Crippen molar-refractivity contribution in [1.82, 2.24) is 9.78 Å². The zero-order chi connectivity index (χ0) is 14.7. The standard InChI is InChI=1S/C17H20N2OS/c1-13-16(12-20)17(21-15-10-6-3-7-11-15)19(18-13)14-8-4-2-5-9-14/h2,4-5,8-9,12,15H,3,6-7,10-11H2,1H3. The fourth-order valence-electron chi connectivity index (χ4n) is 2.85. The van der Waals surface area contributed by atoms with Crippen molar-refractivity contribution in [2.75, 3.05) is 0 Å². The van der Waals surface area contributed by atoms with E-state index in [1.165, 1.54) is 32.1 Å². The number of para-hydroxylation sites is 1. The molecule has 0 atom stereocenters. The molecule has 0 bridgehead atoms. The first-order valence-corrected chi connectivity index (χ1v) is 8.44. The average molecular weight is 300 g/mol. The molecule has 1 aliphatic rings. The van der Waals surface area contributed by atoms with Gasteiger partial charge in [0.2, 0.25) is 0 Å². The van der Waals surface area contributed by atoms with Crippen LogP contribution in [0.2, 0.25) is 0 Å². The molecule has 110 valence electrons. The zero-order valence-electron chi connectivity index (χ0n) is 12.3. The van der Waals surface area contributed by atoms with Gasteiger partial charge in [0, 0.05) is 5.25 Å². The SMILES string of the molecule is Cc1nn(-c2ccccc2)c(SC2CCCCC2)c1C=O. The summed E-state index contributed by atoms with van der Waals surface area (Å²) in [5.41, 5.74) is 2.58. The summed E-state index contributed by atoms with van der Waals surface area (Å²) in [5.74, 6) is 0. The molecule has 1 fully saturated rings. The van der Waals surface area contributed by atoms with Crippen molar-refractivity contribution >= 4 is 18.0 Å². The van der Waals surface area contributed by atoms with Crippen molar-refractivity contribution in [1.29, 1.82) is 0 Å². The molecule has 0 saturated heterocycles. The molecule has 3 nitrogen and oxygen atoms in total. The highest BCUT2D eigenvalue weighted by Gasteiger charge is 2.22. The monoisotopic (exact) mass is 300 g/mol. The maximum Gasteiger partial charge on any atom is 0.154 e. The smallest absolute Gasteiger partial charge is 0.154 e. The number of hydrogen-bond donors (Lipinski definition) is 0. The van der Waals surface area contributed by atoms with Gasteiger partial charge in [-0.2, -0.15) is 5.10 Å². The molecule has 3 rings (SSSR count). The summed E-state index contributed by atoms with van der Waals surface area (Å²) in [6, 6.07) is 10.1. The van der Waals surface area contributed by atoms with E-state index in [9.17, 15) is 4.79 Å². The quantitative estimate of drug-likeness (QED) is 0.784. The predicted octanol–water partition coefficient (Wildman–Crippen LogP) is 4.42. The second kappa shape index (κ2) is 6.48. The Labute approximate surface area is 129 Å². The fraction of sp³-hybridized carbons (Fsp3) is 0.412. The largest absolute Gasteiger partial charge is 0.298 e. The van der Waals surface area contributed by atoms with Gasteiger partial charge in [-0.3, -0.25) is 4.79 Å². The molecule has 1 aromatic carbocycles. The molecule has 0 aliphatic heterocycles. The minimum Gasteiger partial charge on any atom is -0.298 e. The first-order valence-electron chi connectivity index (χ1n) is 7.56. The normalized spacial score (nSPS) is 16.0. The highest BCUT2D eigenvalue weighted by molar-refractivity contribution is 8.00. The van der Waals surface area contributed by atoms with Gasteiger partial charge >= 0.3 is 0 Å². The van der Waals surface area contributed by atoms with Gasteiger partial charge in [-0.25, -0.2) is 4.68 Å². The highest BCUT2D eigenvalue weighted by Crippen LogP contribution is 2.36. The molecule has 4 heteroatoms. The molecule has 0 amide bonds. The first kappa shape index (κ1) is 14.4. The Morgan fingerprint density at radius 3 is 2.57 bits per heavy atom. The second-order valence-corrected chi connectivity index (χ2v) is 6.84. The summed E-state index contributed by atoms with van der Waals surface area (Å²) in [7, 11) is 0. The van der Waals surface area contributed by atoms with Crippen LogP contribution in [0.1, 0.15) is 48.2 Å². The Hall–Kier alpha value is -1.55. The Kier molecular flexibility index (Phi) is 4.44. The average Bonchev–Trinajstić information content (AvgIpc) is 2.85. The number of aldehydes is 1. The van der Waals surface area contributed by atoms with E-state index in [0.717, 1.165) is 28.3 Å². The summed E-state index contributed by atoms with van der Waals surface area (Å²) in [6.07, 6.45) is 7.37. The highest BCUT2D eigenvalue weighted by atomic mass is 32.2. The Bertz CT molecular complexity index is 615. The minimum absolute atomic E-state index is 0.607. The van der Waals surface area contributed by atoms with Crippen LogP contribution in [0, 0.1) is 6.92 Å². The van der Waals surface area contributed by atoms with Crippen molar-refractivity contribution in [2.45, 2.75) is 49.3 Å². The van der Waals surface area contributed by atoms with Crippen LogP contribution in [0.25, 0.3) is 5.69 Å². The van der Waals surface area contributed by atoms with Crippen molar-refractivity contribution in [3.05, 3.63) is 41.6 Å². The Morgan fingerprint density at radius 2 is 1.90 bits per heavy atom. The number of thioether (sulfide) groups is 1. The summed E-state index contributed by atoms with van der Waals surface area (Å²) in [5, 5.41) is 6.19. The molecule has 1 aliphatic carbocycles. The van der Waals surface area contributed by atoms with Crippen LogP contribution in [0.3, 0.4) is 0 Å². The van der Waals surface area contributed by atoms with Crippen molar-refractivity contribution in [3.63, 3.8) is 0 Å². The van der Waals surface area contributed by atoms with Crippen LogP contribution < -0.4 is 0 Å². The lowest BCUT2D eigenvalue weighted by Crippen LogP contribution is -2.10. The number of carbonyl (C=O) groups excluding carboxylic acids is 1. The molecule has 1 saturated carbocycles. The molecular weight excluding hydrogens is 280 g/mol. The molecular formula is C17H20N2OS. The molecule has 21 heavy (non-hydrogen) atoms. The number of nitrogens with zero attached hydrogens (tertiary/aromatic N) is 2. The summed E-state index contributed by atoms with van der Waals surface area (Å²) in [4.78, 5) is 11.5. The van der Waals surface area contributed by atoms with Gasteiger partial charge in [0.25, 0.3) is 0 Å². The number of aromatic nitrogens is 2. The Balaban J connectivity index is 1.98. The van der Waals surface area contributed by atoms with E-state index in [-0.39, 0.29) is 0 Å². The second-order valence-electron chi connectivity index (χ2n) is 5.55. The van der Waals surface area contributed by atoms with Gasteiger partial charge in [-0.15, -0.1) is 11.8 Å². The third kappa shape index (κ3) is 3.05. The number of carbonyl (C=O) groups is 1. The molecule has 1 aromatic heterocycles. The lowest BCUT2D eigenvalue weighted by molar-refractivity contribution is 0.112. The molecule has 0 spiro atoms. The van der Waals surface area contributed by atoms with Crippen LogP contribution in [-0.2, 0) is 0 Å². The van der Waals surface area contributed by atoms with Crippen LogP contribution in [0.4, 0.5) is 0 Å². The topological polar surface area (TPSA) is 34.9 Å². The lowest BCUT2D eigenvalue weighted by atomic mass is 10.0. The summed E-state index contributed by atoms with van der Waals surface area (Å²) >= 11 is 1.83. The first-order chi connectivity index (χ1) is 10.3. The van der Waals surface area contributed by atoms with E-state index in [2.05, 4.69) is 5.10 Å². The maximum atomic E-state index is 11.5. The Morgan fingerprint density at radius 1 is 1.19 bits per heavy atom. The van der Waals surface area contributed by atoms with Crippen molar-refractivity contribution < 1.29 is 4.79 Å². The number of rotatable bonds is 4. The summed E-state index contributed by atoms with van der Waals surface area (Å²) in [6.45, 7) is 1.91. The fourth-order valence-corrected chi connectivity index (χ4v) is 4.31. The molecule has 0 radical (unpaired) electrons. The van der Waals surface area contributed by atoms with Gasteiger partial charge in [0.15, 0.2) is 6.29 Å². The minimum atomic E-state index is 0.607. The van der Waals surface area contributed by atoms with Crippen LogP contribution in [0.15, 0.2) is 35.4 Å². The van der Waals surface area contributed by atoms with Crippen LogP contribution in [-0.4, -0.2) is 21.3 Å². The number of aryl methyl sites for hydroxylation is 1. The van der Waals surface area contributed by atoms with E-state index in [1.807, 2.05) is 53.7 Å². The maximum absolute atomic E-state index is 11.5. The van der Waals surface area contributed by atoms with Crippen molar-refractivity contribution in [3.8, 4) is 5.69 Å². The lowest BCUT2D eigenvalue weighted by Gasteiger charge is -2.21. The molecule has 1 heterocycles. The van der Waals surface area contributed by atoms with E-state index in [4.69, 9.17) is 0 Å². The van der Waals surface area contributed by atoms with E-state index >= 15 is 0 Å². The number of hydrogen-bond acceptors (Lipinski definition) is 3. The molecule has 0 N–H and O–H groups in total. The zero-order valence-corrected chi connectivity index (χ0v) is 13.1. The third-order valence-corrected chi connectivity index (χ3v) is 5.43. The van der Waals surface area contributed by atoms with E-state index in [1.54, 1.807) is 0 Å². The predicted molar refractivity (Wildman–Crippen MR) is 86.4 cm³/mol. The summed E-state index contributed by atoms with van der Waals surface area (Å²) < 4.78 is 1.93. The molecule has 2 aromatic rings.